The number of nitrogens with zero attached hydrogens (tertiary/aromatic N) is 1. The van der Waals surface area contributed by atoms with Gasteiger partial charge < -0.3 is 20.7 Å². The number of hydrogen-bond acceptors (Lipinski definition) is 3. The number of rotatable bonds is 6. The molecule has 3 N–H and O–H groups in total. The van der Waals surface area contributed by atoms with E-state index in [1.807, 2.05) is 19.1 Å². The molecule has 0 aliphatic carbocycles. The number of carbonyl (C=O) groups excluding carboxylic acids is 1. The first-order valence-corrected chi connectivity index (χ1v) is 6.46. The van der Waals surface area contributed by atoms with Crippen LogP contribution >= 0.6 is 12.2 Å². The standard InChI is InChI=1S/C13H19N3O2S/c1-3-16(9-8-12(14)19)13(17)15-10-6-4-5-7-11(10)18-2/h4-7H,3,8-9H2,1-2H3,(H2,14,19)(H,15,17). The molecule has 5 nitrogen and oxygen atoms in total. The molecular weight excluding hydrogens is 262 g/mol. The van der Waals surface area contributed by atoms with E-state index in [9.17, 15) is 4.79 Å². The number of benzene rings is 1. The number of carbonyl (C=O) groups is 1. The van der Waals surface area contributed by atoms with Crippen LogP contribution in [-0.2, 0) is 0 Å². The molecule has 0 aliphatic rings. The van der Waals surface area contributed by atoms with Gasteiger partial charge in [0, 0.05) is 19.5 Å². The molecule has 2 amide bonds. The summed E-state index contributed by atoms with van der Waals surface area (Å²) in [7, 11) is 1.56. The van der Waals surface area contributed by atoms with E-state index in [1.54, 1.807) is 24.1 Å². The summed E-state index contributed by atoms with van der Waals surface area (Å²) in [6.45, 7) is 3.00. The molecule has 1 rings (SSSR count). The highest BCUT2D eigenvalue weighted by Crippen LogP contribution is 2.23. The molecular formula is C13H19N3O2S. The Kier molecular flexibility index (Phi) is 6.08. The van der Waals surface area contributed by atoms with Crippen molar-refractivity contribution in [3.05, 3.63) is 24.3 Å². The zero-order valence-corrected chi connectivity index (χ0v) is 12.0. The number of methoxy groups -OCH3 is 1. The van der Waals surface area contributed by atoms with Crippen LogP contribution < -0.4 is 15.8 Å². The van der Waals surface area contributed by atoms with E-state index in [0.717, 1.165) is 0 Å². The molecule has 0 fully saturated rings. The number of para-hydroxylation sites is 2. The second kappa shape index (κ2) is 7.58. The van der Waals surface area contributed by atoms with Gasteiger partial charge in [0.2, 0.25) is 0 Å². The number of thiocarbonyl (C=S) groups is 1. The Morgan fingerprint density at radius 3 is 2.74 bits per heavy atom. The van der Waals surface area contributed by atoms with Crippen molar-refractivity contribution in [2.45, 2.75) is 13.3 Å². The Morgan fingerprint density at radius 1 is 1.47 bits per heavy atom. The number of amides is 2. The summed E-state index contributed by atoms with van der Waals surface area (Å²) >= 11 is 4.82. The van der Waals surface area contributed by atoms with Crippen LogP contribution in [0, 0.1) is 0 Å². The Bertz CT molecular complexity index is 451. The first-order valence-electron chi connectivity index (χ1n) is 6.05. The fourth-order valence-corrected chi connectivity index (χ4v) is 1.68. The number of anilines is 1. The van der Waals surface area contributed by atoms with Gasteiger partial charge in [0.25, 0.3) is 0 Å². The number of nitrogens with two attached hydrogens (primary N) is 1. The quantitative estimate of drug-likeness (QED) is 0.785. The SMILES string of the molecule is CCN(CCC(N)=S)C(=O)Nc1ccccc1OC. The minimum absolute atomic E-state index is 0.191. The first kappa shape index (κ1) is 15.2. The average Bonchev–Trinajstić information content (AvgIpc) is 2.39. The lowest BCUT2D eigenvalue weighted by atomic mass is 10.3. The Balaban J connectivity index is 2.68. The van der Waals surface area contributed by atoms with Gasteiger partial charge in [0.15, 0.2) is 0 Å². The predicted molar refractivity (Wildman–Crippen MR) is 80.7 cm³/mol. The second-order valence-electron chi connectivity index (χ2n) is 3.93. The van der Waals surface area contributed by atoms with Crippen molar-refractivity contribution in [3.8, 4) is 5.75 Å². The van der Waals surface area contributed by atoms with Gasteiger partial charge in [-0.05, 0) is 19.1 Å². The lowest BCUT2D eigenvalue weighted by Gasteiger charge is -2.21. The maximum atomic E-state index is 12.1. The molecule has 0 heterocycles. The molecule has 0 saturated heterocycles. The third kappa shape index (κ3) is 4.75. The maximum Gasteiger partial charge on any atom is 0.321 e. The van der Waals surface area contributed by atoms with Crippen molar-refractivity contribution in [3.63, 3.8) is 0 Å². The molecule has 0 bridgehead atoms. The van der Waals surface area contributed by atoms with Crippen LogP contribution in [0.4, 0.5) is 10.5 Å². The second-order valence-corrected chi connectivity index (χ2v) is 4.45. The van der Waals surface area contributed by atoms with Crippen LogP contribution in [0.2, 0.25) is 0 Å². The molecule has 0 radical (unpaired) electrons. The van der Waals surface area contributed by atoms with E-state index in [-0.39, 0.29) is 6.03 Å². The van der Waals surface area contributed by atoms with Crippen molar-refractivity contribution < 1.29 is 9.53 Å². The highest BCUT2D eigenvalue weighted by molar-refractivity contribution is 7.80. The first-order chi connectivity index (χ1) is 9.08. The minimum Gasteiger partial charge on any atom is -0.495 e. The van der Waals surface area contributed by atoms with Gasteiger partial charge in [-0.25, -0.2) is 4.79 Å². The number of hydrogen-bond donors (Lipinski definition) is 2. The Hall–Kier alpha value is -1.82. The number of urea groups is 1. The normalized spacial score (nSPS) is 9.79. The topological polar surface area (TPSA) is 67.6 Å². The van der Waals surface area contributed by atoms with Crippen LogP contribution in [0.25, 0.3) is 0 Å². The van der Waals surface area contributed by atoms with E-state index < -0.39 is 0 Å². The smallest absolute Gasteiger partial charge is 0.321 e. The van der Waals surface area contributed by atoms with Gasteiger partial charge in [0.1, 0.15) is 5.75 Å². The summed E-state index contributed by atoms with van der Waals surface area (Å²) in [6, 6.07) is 7.07. The lowest BCUT2D eigenvalue weighted by Crippen LogP contribution is -2.36. The lowest BCUT2D eigenvalue weighted by molar-refractivity contribution is 0.216. The van der Waals surface area contributed by atoms with Crippen LogP contribution in [0.15, 0.2) is 24.3 Å². The fraction of sp³-hybridized carbons (Fsp3) is 0.385. The van der Waals surface area contributed by atoms with Crippen LogP contribution in [0.1, 0.15) is 13.3 Å². The summed E-state index contributed by atoms with van der Waals surface area (Å²) in [4.78, 5) is 14.2. The summed E-state index contributed by atoms with van der Waals surface area (Å²) in [5.74, 6) is 0.626. The predicted octanol–water partition coefficient (Wildman–Crippen LogP) is 2.23. The van der Waals surface area contributed by atoms with E-state index in [2.05, 4.69) is 5.32 Å². The summed E-state index contributed by atoms with van der Waals surface area (Å²) in [6.07, 6.45) is 0.516. The summed E-state index contributed by atoms with van der Waals surface area (Å²) in [5.41, 5.74) is 6.09. The molecule has 0 aromatic heterocycles. The minimum atomic E-state index is -0.191. The van der Waals surface area contributed by atoms with Gasteiger partial charge in [-0.15, -0.1) is 0 Å². The largest absolute Gasteiger partial charge is 0.495 e. The van der Waals surface area contributed by atoms with Crippen molar-refractivity contribution in [1.29, 1.82) is 0 Å². The molecule has 0 unspecified atom stereocenters. The van der Waals surface area contributed by atoms with Crippen LogP contribution in [0.5, 0.6) is 5.75 Å². The van der Waals surface area contributed by atoms with Crippen molar-refractivity contribution >= 4 is 28.9 Å². The van der Waals surface area contributed by atoms with Gasteiger partial charge in [-0.2, -0.15) is 0 Å². The van der Waals surface area contributed by atoms with Crippen LogP contribution in [0.3, 0.4) is 0 Å². The average molecular weight is 281 g/mol. The molecule has 19 heavy (non-hydrogen) atoms. The summed E-state index contributed by atoms with van der Waals surface area (Å²) < 4.78 is 5.18. The maximum absolute atomic E-state index is 12.1. The number of nitrogens with one attached hydrogen (secondary N) is 1. The van der Waals surface area contributed by atoms with E-state index in [1.165, 1.54) is 0 Å². The third-order valence-corrected chi connectivity index (χ3v) is 2.85. The fourth-order valence-electron chi connectivity index (χ4n) is 1.59. The van der Waals surface area contributed by atoms with E-state index in [0.29, 0.717) is 35.9 Å². The summed E-state index contributed by atoms with van der Waals surface area (Å²) in [5, 5.41) is 2.81. The molecule has 1 aromatic carbocycles. The molecule has 0 atom stereocenters. The molecule has 1 aromatic rings. The zero-order chi connectivity index (χ0) is 14.3. The Labute approximate surface area is 118 Å². The molecule has 104 valence electrons. The number of ether oxygens (including phenoxy) is 1. The molecule has 0 aliphatic heterocycles. The van der Waals surface area contributed by atoms with Crippen molar-refractivity contribution in [2.24, 2.45) is 5.73 Å². The van der Waals surface area contributed by atoms with Gasteiger partial charge in [-0.3, -0.25) is 0 Å². The zero-order valence-electron chi connectivity index (χ0n) is 11.2. The van der Waals surface area contributed by atoms with Gasteiger partial charge in [-0.1, -0.05) is 24.4 Å². The van der Waals surface area contributed by atoms with Crippen molar-refractivity contribution in [1.82, 2.24) is 4.90 Å². The van der Waals surface area contributed by atoms with E-state index >= 15 is 0 Å². The molecule has 0 spiro atoms. The van der Waals surface area contributed by atoms with Crippen molar-refractivity contribution in [2.75, 3.05) is 25.5 Å². The molecule has 0 saturated carbocycles. The van der Waals surface area contributed by atoms with Gasteiger partial charge in [0.05, 0.1) is 17.8 Å². The Morgan fingerprint density at radius 2 is 2.16 bits per heavy atom. The molecule has 6 heteroatoms. The van der Waals surface area contributed by atoms with E-state index in [4.69, 9.17) is 22.7 Å². The van der Waals surface area contributed by atoms with Crippen LogP contribution in [-0.4, -0.2) is 36.1 Å². The monoisotopic (exact) mass is 281 g/mol. The highest BCUT2D eigenvalue weighted by Gasteiger charge is 2.13. The third-order valence-electron chi connectivity index (χ3n) is 2.65. The highest BCUT2D eigenvalue weighted by atomic mass is 32.1. The van der Waals surface area contributed by atoms with Gasteiger partial charge >= 0.3 is 6.03 Å².